The second-order valence-corrected chi connectivity index (χ2v) is 5.34. The zero-order valence-corrected chi connectivity index (χ0v) is 12.8. The van der Waals surface area contributed by atoms with Crippen LogP contribution in [0.5, 0.6) is 0 Å². The Balaban J connectivity index is 1.87. The lowest BCUT2D eigenvalue weighted by atomic mass is 10.1. The first-order valence-corrected chi connectivity index (χ1v) is 7.56. The number of hydrogen-bond acceptors (Lipinski definition) is 3. The SMILES string of the molecule is O=c1[nH]cc(-c2cccnc2)cc1-c1ccnn1-c1ccccc1. The zero-order valence-electron chi connectivity index (χ0n) is 12.8. The van der Waals surface area contributed by atoms with Crippen molar-refractivity contribution in [3.8, 4) is 28.1 Å². The molecule has 0 fully saturated rings. The van der Waals surface area contributed by atoms with E-state index in [2.05, 4.69) is 15.1 Å². The molecule has 5 nitrogen and oxygen atoms in total. The topological polar surface area (TPSA) is 63.6 Å². The number of hydrogen-bond donors (Lipinski definition) is 1. The summed E-state index contributed by atoms with van der Waals surface area (Å²) in [6.07, 6.45) is 6.89. The summed E-state index contributed by atoms with van der Waals surface area (Å²) in [5.41, 5.74) is 3.91. The number of benzene rings is 1. The van der Waals surface area contributed by atoms with Crippen LogP contribution < -0.4 is 5.56 Å². The normalized spacial score (nSPS) is 10.7. The summed E-state index contributed by atoms with van der Waals surface area (Å²) in [6.45, 7) is 0. The van der Waals surface area contributed by atoms with Gasteiger partial charge in [-0.15, -0.1) is 0 Å². The van der Waals surface area contributed by atoms with Gasteiger partial charge in [0.1, 0.15) is 0 Å². The summed E-state index contributed by atoms with van der Waals surface area (Å²) in [4.78, 5) is 19.3. The first-order valence-electron chi connectivity index (χ1n) is 7.56. The molecule has 0 aliphatic heterocycles. The van der Waals surface area contributed by atoms with E-state index in [0.29, 0.717) is 5.56 Å². The molecule has 5 heteroatoms. The third-order valence-electron chi connectivity index (χ3n) is 3.82. The minimum atomic E-state index is -0.152. The molecule has 0 bridgehead atoms. The van der Waals surface area contributed by atoms with Crippen molar-refractivity contribution in [2.45, 2.75) is 0 Å². The molecular weight excluding hydrogens is 300 g/mol. The molecule has 3 heterocycles. The van der Waals surface area contributed by atoms with E-state index >= 15 is 0 Å². The molecule has 1 aromatic carbocycles. The summed E-state index contributed by atoms with van der Waals surface area (Å²) < 4.78 is 1.76. The molecule has 0 aliphatic carbocycles. The van der Waals surface area contributed by atoms with Crippen LogP contribution in [0.3, 0.4) is 0 Å². The first-order chi connectivity index (χ1) is 11.8. The highest BCUT2D eigenvalue weighted by molar-refractivity contribution is 5.70. The molecule has 0 spiro atoms. The molecule has 1 N–H and O–H groups in total. The average molecular weight is 314 g/mol. The average Bonchev–Trinajstić information content (AvgIpc) is 3.13. The van der Waals surface area contributed by atoms with E-state index in [-0.39, 0.29) is 5.56 Å². The van der Waals surface area contributed by atoms with E-state index in [1.807, 2.05) is 54.6 Å². The number of nitrogens with one attached hydrogen (secondary N) is 1. The van der Waals surface area contributed by atoms with Gasteiger partial charge in [-0.2, -0.15) is 5.10 Å². The van der Waals surface area contributed by atoms with Crippen molar-refractivity contribution in [3.63, 3.8) is 0 Å². The predicted molar refractivity (Wildman–Crippen MR) is 92.9 cm³/mol. The second-order valence-electron chi connectivity index (χ2n) is 5.34. The van der Waals surface area contributed by atoms with Gasteiger partial charge in [-0.05, 0) is 30.3 Å². The Bertz CT molecular complexity index is 1020. The van der Waals surface area contributed by atoms with Crippen molar-refractivity contribution in [1.29, 1.82) is 0 Å². The quantitative estimate of drug-likeness (QED) is 0.631. The Labute approximate surface area is 138 Å². The molecule has 0 saturated carbocycles. The highest BCUT2D eigenvalue weighted by Gasteiger charge is 2.12. The van der Waals surface area contributed by atoms with Crippen LogP contribution in [-0.4, -0.2) is 19.7 Å². The third kappa shape index (κ3) is 2.52. The Morgan fingerprint density at radius 3 is 2.58 bits per heavy atom. The van der Waals surface area contributed by atoms with Crippen LogP contribution in [0.15, 0.2) is 84.2 Å². The largest absolute Gasteiger partial charge is 0.328 e. The Morgan fingerprint density at radius 2 is 1.79 bits per heavy atom. The molecule has 0 radical (unpaired) electrons. The lowest BCUT2D eigenvalue weighted by molar-refractivity contribution is 0.886. The highest BCUT2D eigenvalue weighted by Crippen LogP contribution is 2.24. The van der Waals surface area contributed by atoms with Gasteiger partial charge in [0.25, 0.3) is 5.56 Å². The molecule has 0 atom stereocenters. The lowest BCUT2D eigenvalue weighted by Crippen LogP contribution is -2.11. The molecule has 24 heavy (non-hydrogen) atoms. The van der Waals surface area contributed by atoms with Gasteiger partial charge in [-0.3, -0.25) is 9.78 Å². The Morgan fingerprint density at radius 1 is 0.917 bits per heavy atom. The van der Waals surface area contributed by atoms with Crippen LogP contribution >= 0.6 is 0 Å². The maximum Gasteiger partial charge on any atom is 0.257 e. The summed E-state index contributed by atoms with van der Waals surface area (Å²) in [6, 6.07) is 17.3. The van der Waals surface area contributed by atoms with Gasteiger partial charge in [0.15, 0.2) is 0 Å². The van der Waals surface area contributed by atoms with E-state index in [4.69, 9.17) is 0 Å². The number of pyridine rings is 2. The van der Waals surface area contributed by atoms with E-state index in [1.165, 1.54) is 0 Å². The van der Waals surface area contributed by atoms with Crippen molar-refractivity contribution in [2.24, 2.45) is 0 Å². The van der Waals surface area contributed by atoms with Crippen LogP contribution in [-0.2, 0) is 0 Å². The van der Waals surface area contributed by atoms with E-state index in [9.17, 15) is 4.79 Å². The molecule has 4 aromatic rings. The number of rotatable bonds is 3. The fourth-order valence-electron chi connectivity index (χ4n) is 2.66. The van der Waals surface area contributed by atoms with Crippen LogP contribution in [0.2, 0.25) is 0 Å². The smallest absolute Gasteiger partial charge is 0.257 e. The van der Waals surface area contributed by atoms with Crippen molar-refractivity contribution < 1.29 is 0 Å². The summed E-state index contributed by atoms with van der Waals surface area (Å²) in [5.74, 6) is 0. The van der Waals surface area contributed by atoms with Gasteiger partial charge in [-0.25, -0.2) is 4.68 Å². The second kappa shape index (κ2) is 5.96. The highest BCUT2D eigenvalue weighted by atomic mass is 16.1. The number of nitrogens with zero attached hydrogens (tertiary/aromatic N) is 3. The molecule has 116 valence electrons. The minimum Gasteiger partial charge on any atom is -0.328 e. The Hall–Kier alpha value is -3.47. The van der Waals surface area contributed by atoms with Gasteiger partial charge in [0.05, 0.1) is 23.1 Å². The first kappa shape index (κ1) is 14.1. The summed E-state index contributed by atoms with van der Waals surface area (Å²) in [5, 5.41) is 4.36. The molecule has 0 aliphatic rings. The van der Waals surface area contributed by atoms with Crippen LogP contribution in [0.4, 0.5) is 0 Å². The van der Waals surface area contributed by atoms with Crippen molar-refractivity contribution in [2.75, 3.05) is 0 Å². The molecule has 0 saturated heterocycles. The zero-order chi connectivity index (χ0) is 16.4. The maximum absolute atomic E-state index is 12.4. The third-order valence-corrected chi connectivity index (χ3v) is 3.82. The lowest BCUT2D eigenvalue weighted by Gasteiger charge is -2.08. The molecular formula is C19H14N4O. The molecule has 0 unspecified atom stereocenters. The van der Waals surface area contributed by atoms with Crippen LogP contribution in [0.1, 0.15) is 0 Å². The van der Waals surface area contributed by atoms with Gasteiger partial charge in [0, 0.05) is 29.7 Å². The minimum absolute atomic E-state index is 0.152. The number of H-pyrrole nitrogens is 1. The number of para-hydroxylation sites is 1. The van der Waals surface area contributed by atoms with Gasteiger partial charge >= 0.3 is 0 Å². The van der Waals surface area contributed by atoms with E-state index in [1.54, 1.807) is 29.5 Å². The predicted octanol–water partition coefficient (Wildman–Crippen LogP) is 3.29. The molecule has 4 rings (SSSR count). The fraction of sp³-hybridized carbons (Fsp3) is 0. The van der Waals surface area contributed by atoms with Gasteiger partial charge < -0.3 is 4.98 Å². The number of aromatic nitrogens is 4. The monoisotopic (exact) mass is 314 g/mol. The van der Waals surface area contributed by atoms with E-state index < -0.39 is 0 Å². The summed E-state index contributed by atoms with van der Waals surface area (Å²) >= 11 is 0. The van der Waals surface area contributed by atoms with Crippen molar-refractivity contribution in [1.82, 2.24) is 19.7 Å². The van der Waals surface area contributed by atoms with Gasteiger partial charge in [-0.1, -0.05) is 24.3 Å². The standard InChI is InChI=1S/C19H14N4O/c24-19-17(11-15(13-21-19)14-5-4-9-20-12-14)18-8-10-22-23(18)16-6-2-1-3-7-16/h1-13H,(H,21,24). The van der Waals surface area contributed by atoms with Crippen LogP contribution in [0, 0.1) is 0 Å². The molecule has 3 aromatic heterocycles. The fourth-order valence-corrected chi connectivity index (χ4v) is 2.66. The van der Waals surface area contributed by atoms with E-state index in [0.717, 1.165) is 22.5 Å². The van der Waals surface area contributed by atoms with Crippen molar-refractivity contribution in [3.05, 3.63) is 89.7 Å². The molecule has 0 amide bonds. The maximum atomic E-state index is 12.4. The summed E-state index contributed by atoms with van der Waals surface area (Å²) in [7, 11) is 0. The van der Waals surface area contributed by atoms with Crippen molar-refractivity contribution >= 4 is 0 Å². The van der Waals surface area contributed by atoms with Gasteiger partial charge in [0.2, 0.25) is 0 Å². The van der Waals surface area contributed by atoms with Crippen LogP contribution in [0.25, 0.3) is 28.1 Å². The Kier molecular flexibility index (Phi) is 3.51. The number of aromatic amines is 1.